The lowest BCUT2D eigenvalue weighted by atomic mass is 10.0. The lowest BCUT2D eigenvalue weighted by Crippen LogP contribution is -2.36. The lowest BCUT2D eigenvalue weighted by molar-refractivity contribution is -0.686. The predicted molar refractivity (Wildman–Crippen MR) is 98.3 cm³/mol. The first-order chi connectivity index (χ1) is 11.8. The molecular weight excluding hydrogens is 292 g/mol. The van der Waals surface area contributed by atoms with Gasteiger partial charge in [-0.1, -0.05) is 19.9 Å². The van der Waals surface area contributed by atoms with Crippen molar-refractivity contribution in [2.24, 2.45) is 0 Å². The van der Waals surface area contributed by atoms with Gasteiger partial charge in [0.2, 0.25) is 11.4 Å². The topological polar surface area (TPSA) is 7.76 Å². The van der Waals surface area contributed by atoms with E-state index in [9.17, 15) is 0 Å². The molecule has 24 heavy (non-hydrogen) atoms. The predicted octanol–water partition coefficient (Wildman–Crippen LogP) is 4.42. The van der Waals surface area contributed by atoms with Crippen molar-refractivity contribution in [1.29, 1.82) is 0 Å². The van der Waals surface area contributed by atoms with E-state index in [4.69, 9.17) is 0 Å². The van der Waals surface area contributed by atoms with Gasteiger partial charge in [-0.2, -0.15) is 9.13 Å². The molecule has 0 atom stereocenters. The van der Waals surface area contributed by atoms with Crippen LogP contribution in [0.25, 0.3) is 22.5 Å². The van der Waals surface area contributed by atoms with Crippen LogP contribution in [-0.4, -0.2) is 0 Å². The third kappa shape index (κ3) is 3.53. The van der Waals surface area contributed by atoms with E-state index in [2.05, 4.69) is 96.0 Å². The van der Waals surface area contributed by atoms with E-state index in [0.717, 1.165) is 25.9 Å². The van der Waals surface area contributed by atoms with Crippen LogP contribution in [0.15, 0.2) is 73.1 Å². The highest BCUT2D eigenvalue weighted by Gasteiger charge is 2.15. The van der Waals surface area contributed by atoms with Crippen LogP contribution in [0.3, 0.4) is 0 Å². The fraction of sp³-hybridized carbons (Fsp3) is 0.273. The van der Waals surface area contributed by atoms with Crippen molar-refractivity contribution in [2.45, 2.75) is 39.8 Å². The standard InChI is InChI=1S/C22H26N2/c1-3-14-23-16-7-5-12-21(23)19-10-9-11-20(18-19)22-13-6-8-17-24(22)15-4-2/h5-13,16-18H,3-4,14-15H2,1-2H3/q+2. The zero-order chi connectivity index (χ0) is 16.8. The first-order valence-electron chi connectivity index (χ1n) is 8.91. The summed E-state index contributed by atoms with van der Waals surface area (Å²) in [5.41, 5.74) is 5.10. The summed E-state index contributed by atoms with van der Waals surface area (Å²) in [5.74, 6) is 0. The van der Waals surface area contributed by atoms with Gasteiger partial charge >= 0.3 is 0 Å². The zero-order valence-electron chi connectivity index (χ0n) is 14.7. The molecule has 2 aromatic heterocycles. The lowest BCUT2D eigenvalue weighted by Gasteiger charge is -2.06. The number of hydrogen-bond acceptors (Lipinski definition) is 0. The molecule has 0 unspecified atom stereocenters. The maximum Gasteiger partial charge on any atom is 0.212 e. The Morgan fingerprint density at radius 2 is 1.12 bits per heavy atom. The fourth-order valence-electron chi connectivity index (χ4n) is 3.19. The maximum absolute atomic E-state index is 2.34. The van der Waals surface area contributed by atoms with E-state index in [1.807, 2.05) is 0 Å². The van der Waals surface area contributed by atoms with Crippen LogP contribution in [0, 0.1) is 0 Å². The van der Waals surface area contributed by atoms with E-state index < -0.39 is 0 Å². The Labute approximate surface area is 145 Å². The highest BCUT2D eigenvalue weighted by Crippen LogP contribution is 2.22. The van der Waals surface area contributed by atoms with Crippen LogP contribution in [-0.2, 0) is 13.1 Å². The van der Waals surface area contributed by atoms with E-state index in [-0.39, 0.29) is 0 Å². The summed E-state index contributed by atoms with van der Waals surface area (Å²) in [5, 5.41) is 0. The van der Waals surface area contributed by atoms with Crippen molar-refractivity contribution in [2.75, 3.05) is 0 Å². The number of rotatable bonds is 6. The van der Waals surface area contributed by atoms with E-state index >= 15 is 0 Å². The van der Waals surface area contributed by atoms with Gasteiger partial charge in [-0.3, -0.25) is 0 Å². The van der Waals surface area contributed by atoms with Crippen LogP contribution in [0.4, 0.5) is 0 Å². The van der Waals surface area contributed by atoms with Crippen molar-refractivity contribution < 1.29 is 9.13 Å². The first kappa shape index (κ1) is 16.4. The smallest absolute Gasteiger partial charge is 0.198 e. The van der Waals surface area contributed by atoms with Gasteiger partial charge in [-0.05, 0) is 30.3 Å². The molecule has 1 aromatic carbocycles. The first-order valence-corrected chi connectivity index (χ1v) is 8.91. The minimum absolute atomic E-state index is 1.04. The average molecular weight is 318 g/mol. The molecule has 0 fully saturated rings. The third-order valence-electron chi connectivity index (χ3n) is 4.26. The molecule has 0 aliphatic rings. The number of aromatic nitrogens is 2. The molecule has 2 heteroatoms. The summed E-state index contributed by atoms with van der Waals surface area (Å²) in [7, 11) is 0. The van der Waals surface area contributed by atoms with Crippen molar-refractivity contribution in [1.82, 2.24) is 0 Å². The number of pyridine rings is 2. The van der Waals surface area contributed by atoms with Gasteiger partial charge in [-0.25, -0.2) is 0 Å². The van der Waals surface area contributed by atoms with Crippen molar-refractivity contribution >= 4 is 0 Å². The highest BCUT2D eigenvalue weighted by atomic mass is 15.0. The van der Waals surface area contributed by atoms with Crippen LogP contribution in [0.5, 0.6) is 0 Å². The summed E-state index contributed by atoms with van der Waals surface area (Å²) in [6.45, 7) is 6.53. The number of aryl methyl sites for hydroxylation is 2. The normalized spacial score (nSPS) is 10.8. The second-order valence-corrected chi connectivity index (χ2v) is 6.14. The van der Waals surface area contributed by atoms with Gasteiger partial charge in [0, 0.05) is 48.2 Å². The SMILES string of the molecule is CCC[n+]1ccccc1-c1cccc(-c2cccc[n+]2CCC)c1. The molecule has 0 aliphatic heterocycles. The number of hydrogen-bond donors (Lipinski definition) is 0. The van der Waals surface area contributed by atoms with Gasteiger partial charge in [0.1, 0.15) is 13.1 Å². The number of benzene rings is 1. The Balaban J connectivity index is 2.05. The van der Waals surface area contributed by atoms with E-state index in [1.54, 1.807) is 0 Å². The Kier molecular flexibility index (Phi) is 5.37. The maximum atomic E-state index is 2.34. The average Bonchev–Trinajstić information content (AvgIpc) is 2.63. The fourth-order valence-corrected chi connectivity index (χ4v) is 3.19. The molecule has 0 amide bonds. The molecule has 122 valence electrons. The minimum atomic E-state index is 1.04. The molecule has 3 aromatic rings. The van der Waals surface area contributed by atoms with E-state index in [1.165, 1.54) is 22.5 Å². The van der Waals surface area contributed by atoms with Gasteiger partial charge in [-0.15, -0.1) is 0 Å². The van der Waals surface area contributed by atoms with Crippen LogP contribution in [0.1, 0.15) is 26.7 Å². The second-order valence-electron chi connectivity index (χ2n) is 6.14. The summed E-state index contributed by atoms with van der Waals surface area (Å²) < 4.78 is 4.68. The zero-order valence-corrected chi connectivity index (χ0v) is 14.7. The largest absolute Gasteiger partial charge is 0.212 e. The highest BCUT2D eigenvalue weighted by molar-refractivity contribution is 5.66. The Morgan fingerprint density at radius 3 is 1.58 bits per heavy atom. The molecule has 2 heterocycles. The Bertz CT molecular complexity index is 744. The monoisotopic (exact) mass is 318 g/mol. The summed E-state index contributed by atoms with van der Waals surface area (Å²) >= 11 is 0. The van der Waals surface area contributed by atoms with Crippen molar-refractivity contribution in [3.63, 3.8) is 0 Å². The molecule has 2 nitrogen and oxygen atoms in total. The van der Waals surface area contributed by atoms with Crippen LogP contribution in [0.2, 0.25) is 0 Å². The molecule has 0 saturated heterocycles. The molecule has 0 radical (unpaired) electrons. The van der Waals surface area contributed by atoms with Gasteiger partial charge < -0.3 is 0 Å². The molecular formula is C22H26N2+2. The molecule has 0 bridgehead atoms. The van der Waals surface area contributed by atoms with Crippen LogP contribution < -0.4 is 9.13 Å². The van der Waals surface area contributed by atoms with Gasteiger partial charge in [0.05, 0.1) is 0 Å². The summed E-state index contributed by atoms with van der Waals surface area (Å²) in [6, 6.07) is 21.8. The summed E-state index contributed by atoms with van der Waals surface area (Å²) in [4.78, 5) is 0. The van der Waals surface area contributed by atoms with Gasteiger partial charge in [0.15, 0.2) is 12.4 Å². The molecule has 0 saturated carbocycles. The van der Waals surface area contributed by atoms with Crippen molar-refractivity contribution in [3.8, 4) is 22.5 Å². The van der Waals surface area contributed by atoms with Crippen molar-refractivity contribution in [3.05, 3.63) is 73.1 Å². The summed E-state index contributed by atoms with van der Waals surface area (Å²) in [6.07, 6.45) is 6.61. The minimum Gasteiger partial charge on any atom is -0.198 e. The Hall–Kier alpha value is -2.48. The molecule has 3 rings (SSSR count). The van der Waals surface area contributed by atoms with E-state index in [0.29, 0.717) is 0 Å². The molecule has 0 spiro atoms. The quantitative estimate of drug-likeness (QED) is 0.595. The third-order valence-corrected chi connectivity index (χ3v) is 4.26. The molecule has 0 N–H and O–H groups in total. The second kappa shape index (κ2) is 7.87. The number of nitrogens with zero attached hydrogens (tertiary/aromatic N) is 2. The van der Waals surface area contributed by atoms with Gasteiger partial charge in [0.25, 0.3) is 0 Å². The van der Waals surface area contributed by atoms with Crippen LogP contribution >= 0.6 is 0 Å². The Morgan fingerprint density at radius 1 is 0.625 bits per heavy atom. The molecule has 0 aliphatic carbocycles.